The first-order valence-electron chi connectivity index (χ1n) is 9.31. The van der Waals surface area contributed by atoms with Crippen LogP contribution in [0.5, 0.6) is 0 Å². The third-order valence-corrected chi connectivity index (χ3v) is 5.88. The van der Waals surface area contributed by atoms with E-state index in [1.54, 1.807) is 16.8 Å². The predicted octanol–water partition coefficient (Wildman–Crippen LogP) is 2.84. The lowest BCUT2D eigenvalue weighted by Crippen LogP contribution is -2.44. The smallest absolute Gasteiger partial charge is 0.253 e. The van der Waals surface area contributed by atoms with Crippen LogP contribution in [0, 0.1) is 25.1 Å². The van der Waals surface area contributed by atoms with Gasteiger partial charge in [0.25, 0.3) is 5.91 Å². The van der Waals surface area contributed by atoms with E-state index in [4.69, 9.17) is 0 Å². The Hall–Kier alpha value is -2.21. The Bertz CT molecular complexity index is 828. The quantitative estimate of drug-likeness (QED) is 0.900. The number of piperidine rings is 1. The molecule has 0 radical (unpaired) electrons. The third kappa shape index (κ3) is 3.03. The fraction of sp³-hybridized carbons (Fsp3) is 0.500. The van der Waals surface area contributed by atoms with Crippen molar-refractivity contribution in [3.8, 4) is 5.69 Å². The van der Waals surface area contributed by atoms with E-state index in [0.29, 0.717) is 16.7 Å². The van der Waals surface area contributed by atoms with Gasteiger partial charge in [-0.25, -0.2) is 9.07 Å². The topological polar surface area (TPSA) is 50.2 Å². The average Bonchev–Trinajstić information content (AvgIpc) is 3.21. The Kier molecular flexibility index (Phi) is 4.31. The highest BCUT2D eigenvalue weighted by Crippen LogP contribution is 2.37. The van der Waals surface area contributed by atoms with Crippen molar-refractivity contribution in [2.75, 3.05) is 26.2 Å². The van der Waals surface area contributed by atoms with Crippen LogP contribution in [-0.2, 0) is 0 Å². The molecule has 1 aromatic carbocycles. The normalized spacial score (nSPS) is 19.3. The van der Waals surface area contributed by atoms with Crippen LogP contribution in [0.2, 0.25) is 0 Å². The van der Waals surface area contributed by atoms with Crippen molar-refractivity contribution in [2.24, 2.45) is 5.41 Å². The molecule has 2 aromatic rings. The molecule has 6 heteroatoms. The van der Waals surface area contributed by atoms with E-state index >= 15 is 0 Å². The monoisotopic (exact) mass is 356 g/mol. The summed E-state index contributed by atoms with van der Waals surface area (Å²) in [5.41, 5.74) is 2.86. The Balaban J connectivity index is 1.50. The SMILES string of the molecule is Cc1cc(C)n(-c2ccc(C(=O)N3CCC4(CCNC4)CC3)cc2F)n1. The fourth-order valence-electron chi connectivity index (χ4n) is 4.27. The highest BCUT2D eigenvalue weighted by atomic mass is 19.1. The molecule has 1 amide bonds. The molecule has 0 aliphatic carbocycles. The molecule has 1 N–H and O–H groups in total. The number of hydrogen-bond donors (Lipinski definition) is 1. The van der Waals surface area contributed by atoms with E-state index in [1.165, 1.54) is 12.5 Å². The molecule has 2 saturated heterocycles. The molecule has 2 fully saturated rings. The predicted molar refractivity (Wildman–Crippen MR) is 98.1 cm³/mol. The highest BCUT2D eigenvalue weighted by molar-refractivity contribution is 5.94. The van der Waals surface area contributed by atoms with Crippen molar-refractivity contribution in [2.45, 2.75) is 33.1 Å². The Morgan fingerprint density at radius 2 is 1.96 bits per heavy atom. The summed E-state index contributed by atoms with van der Waals surface area (Å²) in [6.07, 6.45) is 3.25. The summed E-state index contributed by atoms with van der Waals surface area (Å²) in [6.45, 7) is 7.40. The van der Waals surface area contributed by atoms with Crippen molar-refractivity contribution in [1.82, 2.24) is 20.0 Å². The minimum Gasteiger partial charge on any atom is -0.339 e. The van der Waals surface area contributed by atoms with Crippen LogP contribution in [0.1, 0.15) is 41.0 Å². The first kappa shape index (κ1) is 17.2. The molecule has 26 heavy (non-hydrogen) atoms. The molecular weight excluding hydrogens is 331 g/mol. The van der Waals surface area contributed by atoms with Crippen LogP contribution in [0.4, 0.5) is 4.39 Å². The molecule has 0 saturated carbocycles. The zero-order valence-electron chi connectivity index (χ0n) is 15.4. The number of nitrogens with one attached hydrogen (secondary N) is 1. The minimum atomic E-state index is -0.421. The van der Waals surface area contributed by atoms with Crippen LogP contribution >= 0.6 is 0 Å². The van der Waals surface area contributed by atoms with Crippen LogP contribution in [0.3, 0.4) is 0 Å². The lowest BCUT2D eigenvalue weighted by molar-refractivity contribution is 0.0607. The molecular formula is C20H25FN4O. The molecule has 3 heterocycles. The van der Waals surface area contributed by atoms with Crippen LogP contribution in [0.25, 0.3) is 5.69 Å². The van der Waals surface area contributed by atoms with Gasteiger partial charge in [-0.05, 0) is 69.3 Å². The first-order valence-corrected chi connectivity index (χ1v) is 9.31. The second-order valence-electron chi connectivity index (χ2n) is 7.72. The minimum absolute atomic E-state index is 0.0791. The summed E-state index contributed by atoms with van der Waals surface area (Å²) in [7, 11) is 0. The molecule has 0 bridgehead atoms. The number of nitrogens with zero attached hydrogens (tertiary/aromatic N) is 3. The van der Waals surface area contributed by atoms with Gasteiger partial charge >= 0.3 is 0 Å². The second-order valence-corrected chi connectivity index (χ2v) is 7.72. The summed E-state index contributed by atoms with van der Waals surface area (Å²) < 4.78 is 16.2. The number of amides is 1. The summed E-state index contributed by atoms with van der Waals surface area (Å²) in [6, 6.07) is 6.60. The molecule has 2 aliphatic rings. The number of likely N-dealkylation sites (tertiary alicyclic amines) is 1. The Morgan fingerprint density at radius 3 is 2.54 bits per heavy atom. The number of aromatic nitrogens is 2. The van der Waals surface area contributed by atoms with Gasteiger partial charge in [-0.1, -0.05) is 0 Å². The van der Waals surface area contributed by atoms with Gasteiger partial charge < -0.3 is 10.2 Å². The van der Waals surface area contributed by atoms with Crippen molar-refractivity contribution in [1.29, 1.82) is 0 Å². The number of rotatable bonds is 2. The lowest BCUT2D eigenvalue weighted by atomic mass is 9.78. The molecule has 138 valence electrons. The molecule has 1 spiro atoms. The van der Waals surface area contributed by atoms with Gasteiger partial charge in [0.15, 0.2) is 0 Å². The van der Waals surface area contributed by atoms with E-state index < -0.39 is 5.82 Å². The van der Waals surface area contributed by atoms with Crippen molar-refractivity contribution in [3.63, 3.8) is 0 Å². The highest BCUT2D eigenvalue weighted by Gasteiger charge is 2.38. The second kappa shape index (κ2) is 6.50. The summed E-state index contributed by atoms with van der Waals surface area (Å²) in [5, 5.41) is 7.75. The standard InChI is InChI=1S/C20H25FN4O/c1-14-11-15(2)25(23-14)18-4-3-16(12-17(18)21)19(26)24-9-6-20(7-10-24)5-8-22-13-20/h3-4,11-12,22H,5-10,13H2,1-2H3. The van der Waals surface area contributed by atoms with Gasteiger partial charge in [0.05, 0.1) is 5.69 Å². The number of hydrogen-bond acceptors (Lipinski definition) is 3. The van der Waals surface area contributed by atoms with E-state index in [0.717, 1.165) is 50.4 Å². The van der Waals surface area contributed by atoms with Gasteiger partial charge in [0.1, 0.15) is 11.5 Å². The summed E-state index contributed by atoms with van der Waals surface area (Å²) in [4.78, 5) is 14.7. The number of benzene rings is 1. The van der Waals surface area contributed by atoms with E-state index in [9.17, 15) is 9.18 Å². The zero-order valence-corrected chi connectivity index (χ0v) is 15.4. The third-order valence-electron chi connectivity index (χ3n) is 5.88. The molecule has 2 aliphatic heterocycles. The van der Waals surface area contributed by atoms with E-state index in [-0.39, 0.29) is 5.91 Å². The molecule has 0 atom stereocenters. The van der Waals surface area contributed by atoms with E-state index in [1.807, 2.05) is 24.8 Å². The van der Waals surface area contributed by atoms with Gasteiger partial charge in [-0.2, -0.15) is 5.10 Å². The maximum absolute atomic E-state index is 14.7. The molecule has 1 aromatic heterocycles. The maximum Gasteiger partial charge on any atom is 0.253 e. The summed E-state index contributed by atoms with van der Waals surface area (Å²) >= 11 is 0. The number of carbonyl (C=O) groups is 1. The van der Waals surface area contributed by atoms with Gasteiger partial charge in [0.2, 0.25) is 0 Å². The zero-order chi connectivity index (χ0) is 18.3. The van der Waals surface area contributed by atoms with E-state index in [2.05, 4.69) is 10.4 Å². The maximum atomic E-state index is 14.7. The number of halogens is 1. The van der Waals surface area contributed by atoms with Crippen LogP contribution < -0.4 is 5.32 Å². The van der Waals surface area contributed by atoms with Crippen LogP contribution in [0.15, 0.2) is 24.3 Å². The average molecular weight is 356 g/mol. The Morgan fingerprint density at radius 1 is 1.19 bits per heavy atom. The summed E-state index contributed by atoms with van der Waals surface area (Å²) in [5.74, 6) is -0.500. The Labute approximate surface area is 153 Å². The van der Waals surface area contributed by atoms with Gasteiger partial charge in [-0.3, -0.25) is 4.79 Å². The van der Waals surface area contributed by atoms with Gasteiger partial charge in [0, 0.05) is 30.9 Å². The largest absolute Gasteiger partial charge is 0.339 e. The van der Waals surface area contributed by atoms with Crippen molar-refractivity contribution >= 4 is 5.91 Å². The molecule has 5 nitrogen and oxygen atoms in total. The first-order chi connectivity index (χ1) is 12.5. The van der Waals surface area contributed by atoms with Gasteiger partial charge in [-0.15, -0.1) is 0 Å². The van der Waals surface area contributed by atoms with Crippen molar-refractivity contribution in [3.05, 3.63) is 47.0 Å². The molecule has 0 unspecified atom stereocenters. The number of carbonyl (C=O) groups excluding carboxylic acids is 1. The number of aryl methyl sites for hydroxylation is 2. The lowest BCUT2D eigenvalue weighted by Gasteiger charge is -2.38. The fourth-order valence-corrected chi connectivity index (χ4v) is 4.27. The van der Waals surface area contributed by atoms with Crippen LogP contribution in [-0.4, -0.2) is 46.8 Å². The molecule has 4 rings (SSSR count). The van der Waals surface area contributed by atoms with Crippen molar-refractivity contribution < 1.29 is 9.18 Å².